The third-order valence-electron chi connectivity index (χ3n) is 5.31. The Morgan fingerprint density at radius 1 is 0.737 bits per heavy atom. The monoisotopic (exact) mass is 570 g/mol. The second kappa shape index (κ2) is 9.55. The molecule has 0 saturated carbocycles. The normalized spacial score (nSPS) is 20.1. The number of hydrogen-bond donors (Lipinski definition) is 1. The summed E-state index contributed by atoms with van der Waals surface area (Å²) in [7, 11) is 0.851. The van der Waals surface area contributed by atoms with Gasteiger partial charge >= 0.3 is 24.7 Å². The lowest BCUT2D eigenvalue weighted by Gasteiger charge is -2.29. The van der Waals surface area contributed by atoms with Crippen LogP contribution in [0.4, 0.5) is 58.4 Å². The Balaban J connectivity index is 2.11. The summed E-state index contributed by atoms with van der Waals surface area (Å²) < 4.78 is 164. The minimum absolute atomic E-state index is 0.134. The summed E-state index contributed by atoms with van der Waals surface area (Å²) in [6, 6.07) is 0.689. The quantitative estimate of drug-likeness (QED) is 0.452. The van der Waals surface area contributed by atoms with E-state index in [1.807, 2.05) is 0 Å². The molecule has 0 aromatic carbocycles. The second-order valence-electron chi connectivity index (χ2n) is 7.94. The molecule has 0 radical (unpaired) electrons. The number of aliphatic hydroxyl groups is 1. The van der Waals surface area contributed by atoms with E-state index in [1.165, 1.54) is 0 Å². The van der Waals surface area contributed by atoms with E-state index in [9.17, 15) is 57.8 Å². The largest absolute Gasteiger partial charge is 0.433 e. The molecule has 0 amide bonds. The molecule has 3 atom stereocenters. The van der Waals surface area contributed by atoms with Gasteiger partial charge in [0, 0.05) is 12.8 Å². The number of aromatic nitrogens is 2. The lowest BCUT2D eigenvalue weighted by atomic mass is 9.90. The number of halogens is 12. The maximum absolute atomic E-state index is 13.2. The number of hydrogen-bond acceptors (Lipinski definition) is 6. The van der Waals surface area contributed by atoms with E-state index in [4.69, 9.17) is 4.74 Å². The molecule has 2 aromatic heterocycles. The van der Waals surface area contributed by atoms with Crippen LogP contribution in [0.3, 0.4) is 0 Å². The van der Waals surface area contributed by atoms with Gasteiger partial charge in [0.1, 0.15) is 22.8 Å². The van der Waals surface area contributed by atoms with Crippen molar-refractivity contribution >= 4 is 11.4 Å². The van der Waals surface area contributed by atoms with E-state index in [2.05, 4.69) is 15.1 Å². The highest BCUT2D eigenvalue weighted by molar-refractivity contribution is 5.89. The van der Waals surface area contributed by atoms with Crippen LogP contribution < -0.4 is 5.01 Å². The predicted molar refractivity (Wildman–Crippen MR) is 103 cm³/mol. The first-order valence-electron chi connectivity index (χ1n) is 10.0. The molecule has 0 bridgehead atoms. The van der Waals surface area contributed by atoms with E-state index >= 15 is 0 Å². The number of hydrazone groups is 1. The van der Waals surface area contributed by atoms with Crippen LogP contribution in [0.1, 0.15) is 41.4 Å². The average molecular weight is 570 g/mol. The van der Waals surface area contributed by atoms with Gasteiger partial charge in [-0.1, -0.05) is 0 Å². The summed E-state index contributed by atoms with van der Waals surface area (Å²) in [6.45, 7) is 1.09. The van der Waals surface area contributed by atoms with Crippen LogP contribution >= 0.6 is 0 Å². The molecule has 0 saturated heterocycles. The van der Waals surface area contributed by atoms with Crippen LogP contribution in [-0.4, -0.2) is 34.1 Å². The second-order valence-corrected chi connectivity index (χ2v) is 7.94. The summed E-state index contributed by atoms with van der Waals surface area (Å²) in [4.78, 5) is 5.08. The van der Waals surface area contributed by atoms with Crippen molar-refractivity contribution in [2.75, 3.05) is 12.1 Å². The third-order valence-corrected chi connectivity index (χ3v) is 5.31. The summed E-state index contributed by atoms with van der Waals surface area (Å²) in [5, 5.41) is 14.8. The minimum atomic E-state index is -5.35. The molecule has 0 aliphatic carbocycles. The lowest BCUT2D eigenvalue weighted by Crippen LogP contribution is -2.37. The van der Waals surface area contributed by atoms with Crippen molar-refractivity contribution in [3.05, 3.63) is 52.6 Å². The topological polar surface area (TPSA) is 70.8 Å². The first-order valence-corrected chi connectivity index (χ1v) is 10.0. The number of methoxy groups -OCH3 is 1. The van der Waals surface area contributed by atoms with Gasteiger partial charge in [0.15, 0.2) is 6.23 Å². The Morgan fingerprint density at radius 3 is 1.45 bits per heavy atom. The zero-order chi connectivity index (χ0) is 29.0. The fraction of sp³-hybridized carbons (Fsp3) is 0.450. The Hall–Kier alpha value is -3.15. The van der Waals surface area contributed by atoms with Crippen molar-refractivity contribution in [2.45, 2.75) is 44.0 Å². The molecule has 210 valence electrons. The van der Waals surface area contributed by atoms with Gasteiger partial charge in [-0.2, -0.15) is 57.8 Å². The summed E-state index contributed by atoms with van der Waals surface area (Å²) >= 11 is 0. The number of nitrogens with zero attached hydrogens (tertiary/aromatic N) is 4. The highest BCUT2D eigenvalue weighted by atomic mass is 19.4. The van der Waals surface area contributed by atoms with Gasteiger partial charge in [0.2, 0.25) is 0 Å². The molecule has 38 heavy (non-hydrogen) atoms. The number of ether oxygens (including phenoxy) is 1. The molecule has 3 unspecified atom stereocenters. The van der Waals surface area contributed by atoms with Crippen LogP contribution in [-0.2, 0) is 29.4 Å². The van der Waals surface area contributed by atoms with Crippen LogP contribution in [0.2, 0.25) is 0 Å². The standard InChI is InChI=1S/C20H14F12N4O2/c1-7-14(15(38-2)8-3-10(17(21,22)23)33-11(4-8)18(24,25)26)16(37)36(35-7)9-5-12(19(27,28)29)34-13(6-9)20(30,31)32/h3-6,14-16,37H,1-2H3. The highest BCUT2D eigenvalue weighted by Gasteiger charge is 2.46. The highest BCUT2D eigenvalue weighted by Crippen LogP contribution is 2.42. The van der Waals surface area contributed by atoms with Crippen LogP contribution in [0.15, 0.2) is 29.4 Å². The predicted octanol–water partition coefficient (Wildman–Crippen LogP) is 6.07. The van der Waals surface area contributed by atoms with E-state index in [-0.39, 0.29) is 30.0 Å². The maximum atomic E-state index is 13.2. The Kier molecular flexibility index (Phi) is 7.39. The molecule has 18 heteroatoms. The van der Waals surface area contributed by atoms with Crippen molar-refractivity contribution in [3.63, 3.8) is 0 Å². The smallest absolute Gasteiger partial charge is 0.376 e. The summed E-state index contributed by atoms with van der Waals surface area (Å²) in [6.07, 6.45) is -25.4. The van der Waals surface area contributed by atoms with Crippen molar-refractivity contribution in [1.29, 1.82) is 0 Å². The molecule has 3 heterocycles. The molecule has 0 spiro atoms. The van der Waals surface area contributed by atoms with E-state index in [0.29, 0.717) is 5.01 Å². The minimum Gasteiger partial charge on any atom is -0.376 e. The van der Waals surface area contributed by atoms with Gasteiger partial charge in [-0.05, 0) is 36.8 Å². The number of alkyl halides is 12. The number of aliphatic hydroxyl groups excluding tert-OH is 1. The number of anilines is 1. The van der Waals surface area contributed by atoms with Gasteiger partial charge < -0.3 is 9.84 Å². The van der Waals surface area contributed by atoms with Crippen molar-refractivity contribution in [2.24, 2.45) is 11.0 Å². The zero-order valence-corrected chi connectivity index (χ0v) is 18.7. The van der Waals surface area contributed by atoms with Gasteiger partial charge in [0.05, 0.1) is 17.7 Å². The SMILES string of the molecule is COC(c1cc(C(F)(F)F)nc(C(F)(F)F)c1)C1C(C)=NN(c2cc(C(F)(F)F)nc(C(F)(F)F)c2)C1O. The van der Waals surface area contributed by atoms with Crippen LogP contribution in [0.5, 0.6) is 0 Å². The van der Waals surface area contributed by atoms with E-state index in [1.54, 1.807) is 0 Å². The molecule has 6 nitrogen and oxygen atoms in total. The first-order chi connectivity index (χ1) is 17.1. The molecule has 1 aliphatic rings. The molecular weight excluding hydrogens is 556 g/mol. The molecule has 3 rings (SSSR count). The molecule has 0 fully saturated rings. The maximum Gasteiger partial charge on any atom is 0.433 e. The summed E-state index contributed by atoms with van der Waals surface area (Å²) in [5.41, 5.74) is -9.93. The van der Waals surface area contributed by atoms with Crippen molar-refractivity contribution in [1.82, 2.24) is 9.97 Å². The van der Waals surface area contributed by atoms with Gasteiger partial charge in [-0.15, -0.1) is 0 Å². The summed E-state index contributed by atoms with van der Waals surface area (Å²) in [5.74, 6) is -1.64. The third kappa shape index (κ3) is 5.95. The van der Waals surface area contributed by atoms with Gasteiger partial charge in [-0.25, -0.2) is 15.0 Å². The van der Waals surface area contributed by atoms with Crippen LogP contribution in [0, 0.1) is 5.92 Å². The van der Waals surface area contributed by atoms with Crippen LogP contribution in [0.25, 0.3) is 0 Å². The average Bonchev–Trinajstić information content (AvgIpc) is 3.06. The molecular formula is C20H14F12N4O2. The fourth-order valence-electron chi connectivity index (χ4n) is 3.68. The zero-order valence-electron chi connectivity index (χ0n) is 18.7. The lowest BCUT2D eigenvalue weighted by molar-refractivity contribution is -0.151. The van der Waals surface area contributed by atoms with Gasteiger partial charge in [0.25, 0.3) is 0 Å². The van der Waals surface area contributed by atoms with E-state index < -0.39 is 77.0 Å². The molecule has 2 aromatic rings. The number of rotatable bonds is 4. The molecule has 1 N–H and O–H groups in total. The van der Waals surface area contributed by atoms with Gasteiger partial charge in [-0.3, -0.25) is 0 Å². The first kappa shape index (κ1) is 29.4. The Bertz CT molecular complexity index is 1160. The van der Waals surface area contributed by atoms with Crippen molar-refractivity contribution in [3.8, 4) is 0 Å². The van der Waals surface area contributed by atoms with Crippen molar-refractivity contribution < 1.29 is 62.5 Å². The Labute approximate surface area is 204 Å². The molecule has 1 aliphatic heterocycles. The Morgan fingerprint density at radius 2 is 1.11 bits per heavy atom. The van der Waals surface area contributed by atoms with E-state index in [0.717, 1.165) is 14.0 Å². The number of pyridine rings is 2. The fourth-order valence-corrected chi connectivity index (χ4v) is 3.68.